The molecule has 124 valence electrons. The van der Waals surface area contributed by atoms with E-state index in [2.05, 4.69) is 29.5 Å². The second-order valence-corrected chi connectivity index (χ2v) is 6.71. The van der Waals surface area contributed by atoms with Crippen molar-refractivity contribution in [3.63, 3.8) is 0 Å². The standard InChI is InChI=1S/C17H35N3O/c1-5-21-12-7-6-11-19-16(18-4)20-14-17(9-8-10-17)13-15(2)3/h15H,5-14H2,1-4H3,(H2,18,19,20). The third-order valence-electron chi connectivity index (χ3n) is 4.32. The molecule has 1 saturated carbocycles. The third-order valence-corrected chi connectivity index (χ3v) is 4.32. The predicted molar refractivity (Wildman–Crippen MR) is 90.8 cm³/mol. The maximum Gasteiger partial charge on any atom is 0.190 e. The number of nitrogens with zero attached hydrogens (tertiary/aromatic N) is 1. The van der Waals surface area contributed by atoms with Crippen molar-refractivity contribution in [1.82, 2.24) is 10.6 Å². The van der Waals surface area contributed by atoms with Gasteiger partial charge in [-0.2, -0.15) is 0 Å². The number of ether oxygens (including phenoxy) is 1. The number of aliphatic imine (C=N–C) groups is 1. The van der Waals surface area contributed by atoms with Gasteiger partial charge in [-0.25, -0.2) is 0 Å². The predicted octanol–water partition coefficient (Wildman–Crippen LogP) is 3.18. The summed E-state index contributed by atoms with van der Waals surface area (Å²) in [4.78, 5) is 4.33. The van der Waals surface area contributed by atoms with Crippen LogP contribution in [-0.4, -0.2) is 39.3 Å². The molecule has 0 aromatic rings. The van der Waals surface area contributed by atoms with Gasteiger partial charge in [-0.3, -0.25) is 4.99 Å². The molecular formula is C17H35N3O. The van der Waals surface area contributed by atoms with Crippen LogP contribution in [0.15, 0.2) is 4.99 Å². The second-order valence-electron chi connectivity index (χ2n) is 6.71. The molecule has 1 aliphatic carbocycles. The summed E-state index contributed by atoms with van der Waals surface area (Å²) in [5.41, 5.74) is 0.515. The molecular weight excluding hydrogens is 262 g/mol. The molecule has 1 rings (SSSR count). The maximum absolute atomic E-state index is 5.34. The van der Waals surface area contributed by atoms with E-state index in [1.54, 1.807) is 0 Å². The SMILES string of the molecule is CCOCCCCNC(=NC)NCC1(CC(C)C)CCC1. The summed E-state index contributed by atoms with van der Waals surface area (Å²) < 4.78 is 5.34. The number of rotatable bonds is 10. The fourth-order valence-corrected chi connectivity index (χ4v) is 3.17. The van der Waals surface area contributed by atoms with Crippen LogP contribution in [0.25, 0.3) is 0 Å². The molecule has 2 N–H and O–H groups in total. The Morgan fingerprint density at radius 1 is 1.24 bits per heavy atom. The highest BCUT2D eigenvalue weighted by atomic mass is 16.5. The molecule has 0 aromatic heterocycles. The van der Waals surface area contributed by atoms with E-state index < -0.39 is 0 Å². The van der Waals surface area contributed by atoms with Crippen LogP contribution in [0.5, 0.6) is 0 Å². The number of hydrogen-bond donors (Lipinski definition) is 2. The summed E-state index contributed by atoms with van der Waals surface area (Å²) in [5, 5.41) is 6.93. The lowest BCUT2D eigenvalue weighted by molar-refractivity contribution is 0.104. The highest BCUT2D eigenvalue weighted by Crippen LogP contribution is 2.45. The van der Waals surface area contributed by atoms with Gasteiger partial charge in [0.15, 0.2) is 5.96 Å². The third kappa shape index (κ3) is 7.16. The van der Waals surface area contributed by atoms with Gasteiger partial charge >= 0.3 is 0 Å². The van der Waals surface area contributed by atoms with E-state index >= 15 is 0 Å². The monoisotopic (exact) mass is 297 g/mol. The first-order valence-corrected chi connectivity index (χ1v) is 8.64. The van der Waals surface area contributed by atoms with Crippen molar-refractivity contribution < 1.29 is 4.74 Å². The summed E-state index contributed by atoms with van der Waals surface area (Å²) in [6, 6.07) is 0. The van der Waals surface area contributed by atoms with Crippen molar-refractivity contribution in [3.8, 4) is 0 Å². The second kappa shape index (κ2) is 10.0. The normalized spacial score (nSPS) is 17.7. The van der Waals surface area contributed by atoms with Gasteiger partial charge in [-0.15, -0.1) is 0 Å². The smallest absolute Gasteiger partial charge is 0.190 e. The van der Waals surface area contributed by atoms with E-state index in [0.717, 1.165) is 51.0 Å². The lowest BCUT2D eigenvalue weighted by atomic mass is 9.64. The molecule has 0 atom stereocenters. The van der Waals surface area contributed by atoms with Gasteiger partial charge in [0.1, 0.15) is 0 Å². The van der Waals surface area contributed by atoms with E-state index in [0.29, 0.717) is 5.41 Å². The lowest BCUT2D eigenvalue weighted by Crippen LogP contribution is -2.47. The molecule has 0 bridgehead atoms. The fraction of sp³-hybridized carbons (Fsp3) is 0.941. The minimum absolute atomic E-state index is 0.515. The van der Waals surface area contributed by atoms with Gasteiger partial charge < -0.3 is 15.4 Å². The Balaban J connectivity index is 2.18. The number of unbranched alkanes of at least 4 members (excludes halogenated alkanes) is 1. The van der Waals surface area contributed by atoms with Gasteiger partial charge in [0.05, 0.1) is 0 Å². The minimum atomic E-state index is 0.515. The van der Waals surface area contributed by atoms with Crippen LogP contribution < -0.4 is 10.6 Å². The average molecular weight is 297 g/mol. The summed E-state index contributed by atoms with van der Waals surface area (Å²) in [6.45, 7) is 10.4. The van der Waals surface area contributed by atoms with E-state index in [9.17, 15) is 0 Å². The van der Waals surface area contributed by atoms with Crippen molar-refractivity contribution in [2.75, 3.05) is 33.4 Å². The van der Waals surface area contributed by atoms with Crippen molar-refractivity contribution in [1.29, 1.82) is 0 Å². The van der Waals surface area contributed by atoms with Gasteiger partial charge in [0, 0.05) is 33.4 Å². The molecule has 0 aromatic carbocycles. The zero-order valence-electron chi connectivity index (χ0n) is 14.5. The molecule has 1 fully saturated rings. The van der Waals surface area contributed by atoms with Gasteiger partial charge in [0.25, 0.3) is 0 Å². The summed E-state index contributed by atoms with van der Waals surface area (Å²) >= 11 is 0. The van der Waals surface area contributed by atoms with Crippen LogP contribution in [0.4, 0.5) is 0 Å². The van der Waals surface area contributed by atoms with Crippen LogP contribution in [-0.2, 0) is 4.74 Å². The summed E-state index contributed by atoms with van der Waals surface area (Å²) in [5.74, 6) is 1.72. The first kappa shape index (κ1) is 18.3. The first-order chi connectivity index (χ1) is 10.1. The number of nitrogens with one attached hydrogen (secondary N) is 2. The maximum atomic E-state index is 5.34. The Hall–Kier alpha value is -0.770. The van der Waals surface area contributed by atoms with Crippen molar-refractivity contribution in [2.24, 2.45) is 16.3 Å². The van der Waals surface area contributed by atoms with E-state index in [1.165, 1.54) is 25.7 Å². The molecule has 0 saturated heterocycles. The zero-order chi connectivity index (χ0) is 15.6. The Kier molecular flexibility index (Phi) is 8.74. The zero-order valence-corrected chi connectivity index (χ0v) is 14.5. The molecule has 1 aliphatic rings. The Labute approximate surface area is 131 Å². The van der Waals surface area contributed by atoms with Gasteiger partial charge in [0.2, 0.25) is 0 Å². The highest BCUT2D eigenvalue weighted by molar-refractivity contribution is 5.79. The van der Waals surface area contributed by atoms with E-state index in [-0.39, 0.29) is 0 Å². The van der Waals surface area contributed by atoms with Crippen LogP contribution in [0.3, 0.4) is 0 Å². The van der Waals surface area contributed by atoms with Crippen LogP contribution in [0, 0.1) is 11.3 Å². The van der Waals surface area contributed by atoms with Crippen LogP contribution in [0.2, 0.25) is 0 Å². The first-order valence-electron chi connectivity index (χ1n) is 8.64. The fourth-order valence-electron chi connectivity index (χ4n) is 3.17. The Bertz CT molecular complexity index is 298. The molecule has 0 aliphatic heterocycles. The van der Waals surface area contributed by atoms with Crippen LogP contribution in [0.1, 0.15) is 59.3 Å². The van der Waals surface area contributed by atoms with Gasteiger partial charge in [-0.1, -0.05) is 20.3 Å². The molecule has 21 heavy (non-hydrogen) atoms. The average Bonchev–Trinajstić information content (AvgIpc) is 2.42. The van der Waals surface area contributed by atoms with Crippen LogP contribution >= 0.6 is 0 Å². The molecule has 4 heteroatoms. The van der Waals surface area contributed by atoms with Crippen molar-refractivity contribution >= 4 is 5.96 Å². The Morgan fingerprint density at radius 3 is 2.52 bits per heavy atom. The topological polar surface area (TPSA) is 45.6 Å². The molecule has 0 unspecified atom stereocenters. The number of guanidine groups is 1. The highest BCUT2D eigenvalue weighted by Gasteiger charge is 2.37. The van der Waals surface area contributed by atoms with Crippen molar-refractivity contribution in [3.05, 3.63) is 0 Å². The molecule has 0 amide bonds. The number of hydrogen-bond acceptors (Lipinski definition) is 2. The lowest BCUT2D eigenvalue weighted by Gasteiger charge is -2.43. The molecule has 4 nitrogen and oxygen atoms in total. The molecule has 0 radical (unpaired) electrons. The van der Waals surface area contributed by atoms with Gasteiger partial charge in [-0.05, 0) is 50.4 Å². The Morgan fingerprint density at radius 2 is 2.00 bits per heavy atom. The van der Waals surface area contributed by atoms with E-state index in [4.69, 9.17) is 4.74 Å². The molecule has 0 heterocycles. The van der Waals surface area contributed by atoms with Crippen molar-refractivity contribution in [2.45, 2.75) is 59.3 Å². The summed E-state index contributed by atoms with van der Waals surface area (Å²) in [6.07, 6.45) is 7.67. The minimum Gasteiger partial charge on any atom is -0.382 e. The summed E-state index contributed by atoms with van der Waals surface area (Å²) in [7, 11) is 1.85. The quantitative estimate of drug-likeness (QED) is 0.370. The largest absolute Gasteiger partial charge is 0.382 e. The molecule has 0 spiro atoms. The van der Waals surface area contributed by atoms with E-state index in [1.807, 2.05) is 14.0 Å².